The summed E-state index contributed by atoms with van der Waals surface area (Å²) in [5.41, 5.74) is -0.365. The summed E-state index contributed by atoms with van der Waals surface area (Å²) in [5.74, 6) is 0.450. The van der Waals surface area contributed by atoms with Crippen molar-refractivity contribution >= 4 is 0 Å². The van der Waals surface area contributed by atoms with E-state index in [1.807, 2.05) is 6.92 Å². The Morgan fingerprint density at radius 2 is 1.82 bits per heavy atom. The van der Waals surface area contributed by atoms with Crippen molar-refractivity contribution in [3.63, 3.8) is 0 Å². The summed E-state index contributed by atoms with van der Waals surface area (Å²) < 4.78 is 0. The first-order valence-electron chi connectivity index (χ1n) is 4.60. The molecule has 1 heteroatoms. The van der Waals surface area contributed by atoms with Crippen molar-refractivity contribution in [1.29, 1.82) is 0 Å². The van der Waals surface area contributed by atoms with Crippen LogP contribution in [-0.2, 0) is 0 Å². The molecule has 1 aliphatic rings. The third kappa shape index (κ3) is 1.31. The standard InChI is InChI=1S/C10H20O/c1-8-6-5-7-9(2,3)10(8,4)11/h8,11H,5-7H2,1-4H3. The van der Waals surface area contributed by atoms with Gasteiger partial charge in [0.2, 0.25) is 0 Å². The molecule has 0 heterocycles. The molecule has 1 aliphatic carbocycles. The molecule has 0 aromatic carbocycles. The summed E-state index contributed by atoms with van der Waals surface area (Å²) in [5, 5.41) is 10.2. The second kappa shape index (κ2) is 2.48. The number of aliphatic hydroxyl groups is 1. The molecule has 2 atom stereocenters. The maximum absolute atomic E-state index is 10.2. The van der Waals surface area contributed by atoms with Crippen LogP contribution in [0, 0.1) is 11.3 Å². The van der Waals surface area contributed by atoms with Crippen LogP contribution >= 0.6 is 0 Å². The minimum atomic E-state index is -0.467. The van der Waals surface area contributed by atoms with Gasteiger partial charge in [-0.05, 0) is 31.1 Å². The van der Waals surface area contributed by atoms with E-state index >= 15 is 0 Å². The van der Waals surface area contributed by atoms with Gasteiger partial charge in [-0.25, -0.2) is 0 Å². The van der Waals surface area contributed by atoms with E-state index in [4.69, 9.17) is 0 Å². The van der Waals surface area contributed by atoms with E-state index in [2.05, 4.69) is 20.8 Å². The van der Waals surface area contributed by atoms with Crippen molar-refractivity contribution in [3.8, 4) is 0 Å². The summed E-state index contributed by atoms with van der Waals surface area (Å²) in [4.78, 5) is 0. The highest BCUT2D eigenvalue weighted by Crippen LogP contribution is 2.46. The maximum Gasteiger partial charge on any atom is 0.0695 e. The first-order chi connectivity index (χ1) is 4.88. The molecule has 1 saturated carbocycles. The summed E-state index contributed by atoms with van der Waals surface area (Å²) >= 11 is 0. The first kappa shape index (κ1) is 9.05. The van der Waals surface area contributed by atoms with Crippen LogP contribution in [0.1, 0.15) is 47.0 Å². The molecule has 0 spiro atoms. The Balaban J connectivity index is 2.82. The van der Waals surface area contributed by atoms with Crippen molar-refractivity contribution in [2.45, 2.75) is 52.6 Å². The molecule has 0 aromatic heterocycles. The zero-order valence-corrected chi connectivity index (χ0v) is 8.15. The van der Waals surface area contributed by atoms with E-state index in [9.17, 15) is 5.11 Å². The highest BCUT2D eigenvalue weighted by molar-refractivity contribution is 4.96. The third-order valence-corrected chi connectivity index (χ3v) is 3.77. The summed E-state index contributed by atoms with van der Waals surface area (Å²) in [6.45, 7) is 8.48. The normalized spacial score (nSPS) is 43.9. The molecule has 0 amide bonds. The first-order valence-corrected chi connectivity index (χ1v) is 4.60. The lowest BCUT2D eigenvalue weighted by atomic mass is 9.62. The van der Waals surface area contributed by atoms with Crippen LogP contribution in [0.4, 0.5) is 0 Å². The molecule has 0 aromatic rings. The monoisotopic (exact) mass is 156 g/mol. The Bertz CT molecular complexity index is 147. The van der Waals surface area contributed by atoms with Gasteiger partial charge in [-0.2, -0.15) is 0 Å². The zero-order valence-electron chi connectivity index (χ0n) is 8.15. The molecule has 0 radical (unpaired) electrons. The Morgan fingerprint density at radius 3 is 2.18 bits per heavy atom. The lowest BCUT2D eigenvalue weighted by molar-refractivity contribution is -0.118. The Labute approximate surface area is 69.8 Å². The lowest BCUT2D eigenvalue weighted by Gasteiger charge is -2.48. The molecule has 2 unspecified atom stereocenters. The summed E-state index contributed by atoms with van der Waals surface area (Å²) in [6, 6.07) is 0. The van der Waals surface area contributed by atoms with Crippen molar-refractivity contribution in [2.75, 3.05) is 0 Å². The van der Waals surface area contributed by atoms with Crippen molar-refractivity contribution < 1.29 is 5.11 Å². The van der Waals surface area contributed by atoms with Gasteiger partial charge in [0.15, 0.2) is 0 Å². The van der Waals surface area contributed by atoms with E-state index in [0.717, 1.165) is 6.42 Å². The van der Waals surface area contributed by atoms with E-state index in [-0.39, 0.29) is 5.41 Å². The SMILES string of the molecule is CC1CCCC(C)(C)C1(C)O. The Kier molecular flexibility index (Phi) is 2.04. The van der Waals surface area contributed by atoms with Crippen LogP contribution < -0.4 is 0 Å². The van der Waals surface area contributed by atoms with E-state index in [1.165, 1.54) is 12.8 Å². The average Bonchev–Trinajstić information content (AvgIpc) is 1.84. The van der Waals surface area contributed by atoms with Crippen LogP contribution in [0.25, 0.3) is 0 Å². The predicted octanol–water partition coefficient (Wildman–Crippen LogP) is 2.58. The predicted molar refractivity (Wildman–Crippen MR) is 47.4 cm³/mol. The average molecular weight is 156 g/mol. The molecule has 0 saturated heterocycles. The number of hydrogen-bond acceptors (Lipinski definition) is 1. The van der Waals surface area contributed by atoms with Gasteiger partial charge in [-0.15, -0.1) is 0 Å². The smallest absolute Gasteiger partial charge is 0.0695 e. The van der Waals surface area contributed by atoms with Crippen molar-refractivity contribution in [2.24, 2.45) is 11.3 Å². The second-order valence-corrected chi connectivity index (χ2v) is 4.82. The molecule has 1 N–H and O–H groups in total. The van der Waals surface area contributed by atoms with Gasteiger partial charge in [-0.1, -0.05) is 27.2 Å². The zero-order chi connectivity index (χ0) is 8.70. The molecule has 1 nitrogen and oxygen atoms in total. The molecule has 1 fully saturated rings. The molecule has 66 valence electrons. The molecule has 0 aliphatic heterocycles. The van der Waals surface area contributed by atoms with E-state index < -0.39 is 5.60 Å². The van der Waals surface area contributed by atoms with Gasteiger partial charge in [0.25, 0.3) is 0 Å². The van der Waals surface area contributed by atoms with Crippen LogP contribution in [-0.4, -0.2) is 10.7 Å². The van der Waals surface area contributed by atoms with Crippen molar-refractivity contribution in [3.05, 3.63) is 0 Å². The summed E-state index contributed by atoms with van der Waals surface area (Å²) in [7, 11) is 0. The number of rotatable bonds is 0. The van der Waals surface area contributed by atoms with Gasteiger partial charge in [-0.3, -0.25) is 0 Å². The van der Waals surface area contributed by atoms with Crippen molar-refractivity contribution in [1.82, 2.24) is 0 Å². The largest absolute Gasteiger partial charge is 0.389 e. The van der Waals surface area contributed by atoms with Crippen LogP contribution in [0.5, 0.6) is 0 Å². The van der Waals surface area contributed by atoms with E-state index in [1.54, 1.807) is 0 Å². The Morgan fingerprint density at radius 1 is 1.27 bits per heavy atom. The quantitative estimate of drug-likeness (QED) is 0.571. The second-order valence-electron chi connectivity index (χ2n) is 4.82. The highest BCUT2D eigenvalue weighted by atomic mass is 16.3. The minimum absolute atomic E-state index is 0.102. The van der Waals surface area contributed by atoms with Crippen LogP contribution in [0.15, 0.2) is 0 Å². The maximum atomic E-state index is 10.2. The minimum Gasteiger partial charge on any atom is -0.389 e. The topological polar surface area (TPSA) is 20.2 Å². The highest BCUT2D eigenvalue weighted by Gasteiger charge is 2.45. The van der Waals surface area contributed by atoms with Crippen LogP contribution in [0.3, 0.4) is 0 Å². The van der Waals surface area contributed by atoms with Gasteiger partial charge in [0, 0.05) is 0 Å². The molecular weight excluding hydrogens is 136 g/mol. The Hall–Kier alpha value is -0.0400. The fourth-order valence-electron chi connectivity index (χ4n) is 2.05. The fraction of sp³-hybridized carbons (Fsp3) is 1.00. The van der Waals surface area contributed by atoms with Gasteiger partial charge in [0.05, 0.1) is 5.60 Å². The third-order valence-electron chi connectivity index (χ3n) is 3.77. The molecule has 0 bridgehead atoms. The van der Waals surface area contributed by atoms with E-state index in [0.29, 0.717) is 5.92 Å². The molecular formula is C10H20O. The molecule has 11 heavy (non-hydrogen) atoms. The van der Waals surface area contributed by atoms with Crippen LogP contribution in [0.2, 0.25) is 0 Å². The lowest BCUT2D eigenvalue weighted by Crippen LogP contribution is -2.49. The fourth-order valence-corrected chi connectivity index (χ4v) is 2.05. The van der Waals surface area contributed by atoms with Gasteiger partial charge < -0.3 is 5.11 Å². The van der Waals surface area contributed by atoms with Gasteiger partial charge >= 0.3 is 0 Å². The van der Waals surface area contributed by atoms with Gasteiger partial charge in [0.1, 0.15) is 0 Å². The molecule has 1 rings (SSSR count). The number of hydrogen-bond donors (Lipinski definition) is 1. The summed E-state index contributed by atoms with van der Waals surface area (Å²) in [6.07, 6.45) is 3.60.